The molecular formula is C7H15N3O3. The molecule has 0 spiro atoms. The number of aliphatic hydroxyl groups is 1. The largest absolute Gasteiger partial charge is 0.396 e. The first kappa shape index (κ1) is 11.9. The summed E-state index contributed by atoms with van der Waals surface area (Å²) in [5, 5.41) is 13.3. The Morgan fingerprint density at radius 2 is 2.15 bits per heavy atom. The second-order valence-electron chi connectivity index (χ2n) is 2.83. The summed E-state index contributed by atoms with van der Waals surface area (Å²) in [4.78, 5) is 21.0. The number of urea groups is 1. The number of nitrogens with two attached hydrogens (primary N) is 1. The number of imide groups is 1. The Bertz CT molecular complexity index is 184. The van der Waals surface area contributed by atoms with Crippen LogP contribution in [0, 0.1) is 5.92 Å². The standard InChI is InChI=1S/C7H15N3O3/c1-5(4-11)2-9-3-6(12)10-7(8)13/h5,9,11H,2-4H2,1H3,(H3,8,10,12,13). The number of carbonyl (C=O) groups excluding carboxylic acids is 2. The fraction of sp³-hybridized carbons (Fsp3) is 0.714. The Hall–Kier alpha value is -1.14. The smallest absolute Gasteiger partial charge is 0.318 e. The maximum Gasteiger partial charge on any atom is 0.318 e. The van der Waals surface area contributed by atoms with Crippen LogP contribution in [-0.2, 0) is 4.79 Å². The van der Waals surface area contributed by atoms with E-state index < -0.39 is 11.9 Å². The Balaban J connectivity index is 3.42. The van der Waals surface area contributed by atoms with Crippen molar-refractivity contribution in [2.75, 3.05) is 19.7 Å². The summed E-state index contributed by atoms with van der Waals surface area (Å²) in [7, 11) is 0. The van der Waals surface area contributed by atoms with E-state index in [1.54, 1.807) is 0 Å². The van der Waals surface area contributed by atoms with Crippen LogP contribution in [0.4, 0.5) is 4.79 Å². The van der Waals surface area contributed by atoms with Gasteiger partial charge >= 0.3 is 6.03 Å². The first-order chi connectivity index (χ1) is 6.06. The van der Waals surface area contributed by atoms with Gasteiger partial charge in [-0.05, 0) is 5.92 Å². The average Bonchev–Trinajstić information content (AvgIpc) is 2.02. The van der Waals surface area contributed by atoms with Crippen LogP contribution in [0.25, 0.3) is 0 Å². The molecule has 0 rings (SSSR count). The predicted molar refractivity (Wildman–Crippen MR) is 46.8 cm³/mol. The fourth-order valence-corrected chi connectivity index (χ4v) is 0.678. The lowest BCUT2D eigenvalue weighted by atomic mass is 10.2. The van der Waals surface area contributed by atoms with Crippen molar-refractivity contribution < 1.29 is 14.7 Å². The highest BCUT2D eigenvalue weighted by Gasteiger charge is 2.04. The zero-order valence-corrected chi connectivity index (χ0v) is 7.54. The van der Waals surface area contributed by atoms with Crippen LogP contribution in [0.3, 0.4) is 0 Å². The second-order valence-corrected chi connectivity index (χ2v) is 2.83. The number of hydrogen-bond acceptors (Lipinski definition) is 4. The van der Waals surface area contributed by atoms with Gasteiger partial charge in [-0.3, -0.25) is 10.1 Å². The number of aliphatic hydroxyl groups excluding tert-OH is 1. The maximum atomic E-state index is 10.8. The van der Waals surface area contributed by atoms with E-state index >= 15 is 0 Å². The van der Waals surface area contributed by atoms with E-state index in [0.29, 0.717) is 6.54 Å². The molecule has 0 heterocycles. The van der Waals surface area contributed by atoms with Crippen LogP contribution in [0.1, 0.15) is 6.92 Å². The van der Waals surface area contributed by atoms with Crippen LogP contribution < -0.4 is 16.4 Å². The molecule has 0 radical (unpaired) electrons. The van der Waals surface area contributed by atoms with Gasteiger partial charge in [-0.1, -0.05) is 6.92 Å². The molecule has 13 heavy (non-hydrogen) atoms. The lowest BCUT2D eigenvalue weighted by Gasteiger charge is -2.08. The number of rotatable bonds is 5. The maximum absolute atomic E-state index is 10.8. The molecule has 6 heteroatoms. The molecule has 1 unspecified atom stereocenters. The van der Waals surface area contributed by atoms with Gasteiger partial charge < -0.3 is 16.2 Å². The molecule has 76 valence electrons. The molecule has 0 fully saturated rings. The number of hydrogen-bond donors (Lipinski definition) is 4. The SMILES string of the molecule is CC(CO)CNCC(=O)NC(N)=O. The van der Waals surface area contributed by atoms with Crippen molar-refractivity contribution in [3.8, 4) is 0 Å². The van der Waals surface area contributed by atoms with Crippen LogP contribution in [0.2, 0.25) is 0 Å². The topological polar surface area (TPSA) is 104 Å². The summed E-state index contributed by atoms with van der Waals surface area (Å²) in [5.74, 6) is -0.390. The molecule has 5 N–H and O–H groups in total. The van der Waals surface area contributed by atoms with E-state index in [1.165, 1.54) is 0 Å². The molecule has 1 atom stereocenters. The molecule has 0 saturated heterocycles. The highest BCUT2D eigenvalue weighted by Crippen LogP contribution is 1.87. The van der Waals surface area contributed by atoms with E-state index in [9.17, 15) is 9.59 Å². The van der Waals surface area contributed by atoms with Crippen molar-refractivity contribution in [1.29, 1.82) is 0 Å². The van der Waals surface area contributed by atoms with Gasteiger partial charge in [0.25, 0.3) is 0 Å². The minimum Gasteiger partial charge on any atom is -0.396 e. The summed E-state index contributed by atoms with van der Waals surface area (Å²) in [6.07, 6.45) is 0. The van der Waals surface area contributed by atoms with E-state index in [4.69, 9.17) is 10.8 Å². The number of nitrogens with one attached hydrogen (secondary N) is 2. The first-order valence-electron chi connectivity index (χ1n) is 3.97. The number of amides is 3. The third-order valence-electron chi connectivity index (χ3n) is 1.35. The van der Waals surface area contributed by atoms with Crippen LogP contribution in [0.15, 0.2) is 0 Å². The fourth-order valence-electron chi connectivity index (χ4n) is 0.678. The Morgan fingerprint density at radius 3 is 2.62 bits per heavy atom. The van der Waals surface area contributed by atoms with Gasteiger partial charge in [0, 0.05) is 13.2 Å². The van der Waals surface area contributed by atoms with E-state index in [1.807, 2.05) is 12.2 Å². The van der Waals surface area contributed by atoms with E-state index in [2.05, 4.69) is 5.32 Å². The molecule has 0 bridgehead atoms. The highest BCUT2D eigenvalue weighted by atomic mass is 16.3. The van der Waals surface area contributed by atoms with E-state index in [0.717, 1.165) is 0 Å². The van der Waals surface area contributed by atoms with Crippen molar-refractivity contribution in [3.05, 3.63) is 0 Å². The van der Waals surface area contributed by atoms with E-state index in [-0.39, 0.29) is 19.1 Å². The molecule has 0 aliphatic rings. The highest BCUT2D eigenvalue weighted by molar-refractivity contribution is 5.94. The minimum absolute atomic E-state index is 0.0211. The Morgan fingerprint density at radius 1 is 1.54 bits per heavy atom. The summed E-state index contributed by atoms with van der Waals surface area (Å²) in [5.41, 5.74) is 4.71. The predicted octanol–water partition coefficient (Wildman–Crippen LogP) is -1.60. The summed E-state index contributed by atoms with van der Waals surface area (Å²) in [6.45, 7) is 2.43. The molecule has 3 amide bonds. The van der Waals surface area contributed by atoms with Crippen molar-refractivity contribution >= 4 is 11.9 Å². The Kier molecular flexibility index (Phi) is 5.82. The molecule has 0 aliphatic heterocycles. The van der Waals surface area contributed by atoms with Gasteiger partial charge in [0.2, 0.25) is 5.91 Å². The Labute approximate surface area is 76.5 Å². The van der Waals surface area contributed by atoms with Gasteiger partial charge in [-0.15, -0.1) is 0 Å². The third-order valence-corrected chi connectivity index (χ3v) is 1.35. The molecule has 0 aliphatic carbocycles. The van der Waals surface area contributed by atoms with Gasteiger partial charge in [-0.25, -0.2) is 4.79 Å². The van der Waals surface area contributed by atoms with Gasteiger partial charge in [-0.2, -0.15) is 0 Å². The van der Waals surface area contributed by atoms with Crippen molar-refractivity contribution in [3.63, 3.8) is 0 Å². The molecular weight excluding hydrogens is 174 g/mol. The van der Waals surface area contributed by atoms with Crippen LogP contribution in [0.5, 0.6) is 0 Å². The number of primary amides is 1. The average molecular weight is 189 g/mol. The lowest BCUT2D eigenvalue weighted by Crippen LogP contribution is -2.41. The lowest BCUT2D eigenvalue weighted by molar-refractivity contribution is -0.119. The summed E-state index contributed by atoms with van der Waals surface area (Å²) in [6, 6.07) is -0.859. The number of carbonyl (C=O) groups is 2. The monoisotopic (exact) mass is 189 g/mol. The molecule has 0 aromatic heterocycles. The van der Waals surface area contributed by atoms with Crippen molar-refractivity contribution in [2.24, 2.45) is 11.7 Å². The zero-order valence-electron chi connectivity index (χ0n) is 7.54. The third kappa shape index (κ3) is 7.23. The normalized spacial score (nSPS) is 12.2. The van der Waals surface area contributed by atoms with Crippen molar-refractivity contribution in [1.82, 2.24) is 10.6 Å². The minimum atomic E-state index is -0.859. The van der Waals surface area contributed by atoms with Crippen LogP contribution >= 0.6 is 0 Å². The summed E-state index contributed by atoms with van der Waals surface area (Å²) >= 11 is 0. The van der Waals surface area contributed by atoms with Crippen molar-refractivity contribution in [2.45, 2.75) is 6.92 Å². The quantitative estimate of drug-likeness (QED) is 0.418. The zero-order chi connectivity index (χ0) is 10.3. The van der Waals surface area contributed by atoms with Gasteiger partial charge in [0.05, 0.1) is 6.54 Å². The van der Waals surface area contributed by atoms with Gasteiger partial charge in [0.1, 0.15) is 0 Å². The van der Waals surface area contributed by atoms with Gasteiger partial charge in [0.15, 0.2) is 0 Å². The van der Waals surface area contributed by atoms with Crippen LogP contribution in [-0.4, -0.2) is 36.7 Å². The molecule has 0 aromatic carbocycles. The second kappa shape index (κ2) is 6.38. The molecule has 6 nitrogen and oxygen atoms in total. The molecule has 0 saturated carbocycles. The summed E-state index contributed by atoms with van der Waals surface area (Å²) < 4.78 is 0. The molecule has 0 aromatic rings. The first-order valence-corrected chi connectivity index (χ1v) is 3.97.